The van der Waals surface area contributed by atoms with Gasteiger partial charge < -0.3 is 0 Å². The Balaban J connectivity index is 1.17. The second-order valence-corrected chi connectivity index (χ2v) is 14.7. The lowest BCUT2D eigenvalue weighted by molar-refractivity contribution is 1.07. The van der Waals surface area contributed by atoms with Gasteiger partial charge >= 0.3 is 0 Å². The van der Waals surface area contributed by atoms with Gasteiger partial charge in [0.2, 0.25) is 0 Å². The van der Waals surface area contributed by atoms with Gasteiger partial charge in [-0.25, -0.2) is 29.9 Å². The van der Waals surface area contributed by atoms with E-state index >= 15 is 0 Å². The third-order valence-corrected chi connectivity index (χ3v) is 10.7. The van der Waals surface area contributed by atoms with Gasteiger partial charge in [0.15, 0.2) is 34.9 Å². The van der Waals surface area contributed by atoms with Crippen LogP contribution in [0.1, 0.15) is 11.1 Å². The van der Waals surface area contributed by atoms with Crippen molar-refractivity contribution >= 4 is 0 Å². The van der Waals surface area contributed by atoms with E-state index in [0.717, 1.165) is 66.8 Å². The number of hydrogen-bond acceptors (Lipinski definition) is 6. The SMILES string of the molecule is c1ccc(-c2nc(-c3ccccc3)nc(-c3cccc(Cc4cccc(-c5nc(-c6ccccc6)nc(-c6ccccc6)n5)c4-c4ccccc4)c3-c3ccccc3)n2)cc1. The summed E-state index contributed by atoms with van der Waals surface area (Å²) >= 11 is 0. The van der Waals surface area contributed by atoms with Crippen molar-refractivity contribution in [2.24, 2.45) is 0 Å². The summed E-state index contributed by atoms with van der Waals surface area (Å²) < 4.78 is 0. The fourth-order valence-electron chi connectivity index (χ4n) is 7.82. The Labute approximate surface area is 355 Å². The first-order valence-electron chi connectivity index (χ1n) is 20.3. The average molecular weight is 783 g/mol. The zero-order valence-corrected chi connectivity index (χ0v) is 33.2. The van der Waals surface area contributed by atoms with E-state index < -0.39 is 0 Å². The molecule has 0 aliphatic heterocycles. The number of hydrogen-bond donors (Lipinski definition) is 0. The van der Waals surface area contributed by atoms with Crippen LogP contribution >= 0.6 is 0 Å². The highest BCUT2D eigenvalue weighted by Crippen LogP contribution is 2.40. The minimum Gasteiger partial charge on any atom is -0.208 e. The van der Waals surface area contributed by atoms with Crippen molar-refractivity contribution in [2.45, 2.75) is 6.42 Å². The molecule has 288 valence electrons. The Hall–Kier alpha value is -8.22. The summed E-state index contributed by atoms with van der Waals surface area (Å²) in [6.07, 6.45) is 0.612. The Kier molecular flexibility index (Phi) is 10.3. The van der Waals surface area contributed by atoms with Gasteiger partial charge in [-0.15, -0.1) is 0 Å². The zero-order chi connectivity index (χ0) is 40.8. The monoisotopic (exact) mass is 782 g/mol. The second kappa shape index (κ2) is 16.9. The third-order valence-electron chi connectivity index (χ3n) is 10.7. The summed E-state index contributed by atoms with van der Waals surface area (Å²) in [6.45, 7) is 0. The molecule has 0 saturated carbocycles. The maximum Gasteiger partial charge on any atom is 0.164 e. The lowest BCUT2D eigenvalue weighted by Gasteiger charge is -2.19. The molecule has 8 aromatic carbocycles. The molecule has 61 heavy (non-hydrogen) atoms. The van der Waals surface area contributed by atoms with Crippen molar-refractivity contribution < 1.29 is 0 Å². The number of rotatable bonds is 10. The van der Waals surface area contributed by atoms with E-state index in [4.69, 9.17) is 29.9 Å². The molecule has 0 saturated heterocycles. The first kappa shape index (κ1) is 37.1. The largest absolute Gasteiger partial charge is 0.208 e. The molecule has 0 bridgehead atoms. The highest BCUT2D eigenvalue weighted by Gasteiger charge is 2.22. The zero-order valence-electron chi connectivity index (χ0n) is 33.2. The molecule has 0 aliphatic carbocycles. The topological polar surface area (TPSA) is 77.3 Å². The van der Waals surface area contributed by atoms with Gasteiger partial charge in [-0.2, -0.15) is 0 Å². The van der Waals surface area contributed by atoms with Crippen molar-refractivity contribution in [3.05, 3.63) is 230 Å². The van der Waals surface area contributed by atoms with E-state index in [1.807, 2.05) is 121 Å². The predicted molar refractivity (Wildman–Crippen MR) is 246 cm³/mol. The van der Waals surface area contributed by atoms with Gasteiger partial charge in [0.05, 0.1) is 0 Å². The van der Waals surface area contributed by atoms with Crippen molar-refractivity contribution in [3.8, 4) is 90.6 Å². The van der Waals surface area contributed by atoms with Crippen LogP contribution in [0.4, 0.5) is 0 Å². The summed E-state index contributed by atoms with van der Waals surface area (Å²) in [5, 5.41) is 0. The van der Waals surface area contributed by atoms with Gasteiger partial charge in [0, 0.05) is 33.4 Å². The van der Waals surface area contributed by atoms with Crippen molar-refractivity contribution in [2.75, 3.05) is 0 Å². The maximum absolute atomic E-state index is 5.17. The van der Waals surface area contributed by atoms with Crippen LogP contribution in [0, 0.1) is 0 Å². The van der Waals surface area contributed by atoms with Gasteiger partial charge in [-0.1, -0.05) is 218 Å². The van der Waals surface area contributed by atoms with E-state index in [-0.39, 0.29) is 0 Å². The maximum atomic E-state index is 5.17. The fourth-order valence-corrected chi connectivity index (χ4v) is 7.82. The molecule has 2 aromatic heterocycles. The highest BCUT2D eigenvalue weighted by atomic mass is 15.0. The van der Waals surface area contributed by atoms with Crippen LogP contribution in [0.25, 0.3) is 90.6 Å². The standard InChI is InChI=1S/C55H38N6/c1-7-21-38(22-8-1)48-44(33-19-35-46(48)54-58-50(40-25-11-3-12-26-40)56-51(59-54)41-27-13-4-14-28-41)37-45-34-20-36-47(49(45)39-23-9-2-10-24-39)55-60-52(42-29-15-5-16-30-42)57-53(61-55)43-31-17-6-18-32-43/h1-36H,37H2. The number of nitrogens with zero attached hydrogens (tertiary/aromatic N) is 6. The van der Waals surface area contributed by atoms with E-state index in [1.54, 1.807) is 0 Å². The molecule has 6 nitrogen and oxygen atoms in total. The molecule has 10 rings (SSSR count). The molecule has 0 amide bonds. The van der Waals surface area contributed by atoms with Crippen LogP contribution in [0.3, 0.4) is 0 Å². The van der Waals surface area contributed by atoms with Gasteiger partial charge in [-0.3, -0.25) is 0 Å². The van der Waals surface area contributed by atoms with Crippen molar-refractivity contribution in [1.82, 2.24) is 29.9 Å². The van der Waals surface area contributed by atoms with Gasteiger partial charge in [-0.05, 0) is 39.8 Å². The summed E-state index contributed by atoms with van der Waals surface area (Å²) in [5.74, 6) is 3.70. The van der Waals surface area contributed by atoms with Crippen LogP contribution in [-0.2, 0) is 6.42 Å². The van der Waals surface area contributed by atoms with Gasteiger partial charge in [0.25, 0.3) is 0 Å². The molecule has 0 aliphatic rings. The minimum absolute atomic E-state index is 0.609. The summed E-state index contributed by atoms with van der Waals surface area (Å²) in [5.41, 5.74) is 12.1. The first-order valence-corrected chi connectivity index (χ1v) is 20.3. The van der Waals surface area contributed by atoms with Crippen molar-refractivity contribution in [1.29, 1.82) is 0 Å². The Morgan fingerprint density at radius 3 is 0.738 bits per heavy atom. The molecule has 10 aromatic rings. The molecule has 0 N–H and O–H groups in total. The van der Waals surface area contributed by atoms with E-state index in [9.17, 15) is 0 Å². The minimum atomic E-state index is 0.609. The second-order valence-electron chi connectivity index (χ2n) is 14.7. The van der Waals surface area contributed by atoms with Crippen LogP contribution in [-0.4, -0.2) is 29.9 Å². The average Bonchev–Trinajstić information content (AvgIpc) is 3.35. The summed E-state index contributed by atoms with van der Waals surface area (Å²) in [6, 6.07) is 74.4. The van der Waals surface area contributed by atoms with E-state index in [1.165, 1.54) is 0 Å². The van der Waals surface area contributed by atoms with Crippen LogP contribution < -0.4 is 0 Å². The predicted octanol–water partition coefficient (Wildman–Crippen LogP) is 13.0. The molecule has 0 spiro atoms. The molecule has 6 heteroatoms. The quantitative estimate of drug-likeness (QED) is 0.137. The van der Waals surface area contributed by atoms with Crippen LogP contribution in [0.15, 0.2) is 218 Å². The van der Waals surface area contributed by atoms with E-state index in [2.05, 4.69) is 97.1 Å². The molecule has 0 radical (unpaired) electrons. The molecular weight excluding hydrogens is 745 g/mol. The lowest BCUT2D eigenvalue weighted by Crippen LogP contribution is -2.04. The summed E-state index contributed by atoms with van der Waals surface area (Å²) in [4.78, 5) is 30.7. The van der Waals surface area contributed by atoms with E-state index in [0.29, 0.717) is 41.4 Å². The smallest absolute Gasteiger partial charge is 0.164 e. The molecule has 0 atom stereocenters. The van der Waals surface area contributed by atoms with Crippen LogP contribution in [0.2, 0.25) is 0 Å². The Morgan fingerprint density at radius 1 is 0.213 bits per heavy atom. The molecular formula is C55H38N6. The third kappa shape index (κ3) is 7.86. The van der Waals surface area contributed by atoms with Crippen LogP contribution in [0.5, 0.6) is 0 Å². The number of benzene rings is 8. The molecule has 0 fully saturated rings. The van der Waals surface area contributed by atoms with Crippen molar-refractivity contribution in [3.63, 3.8) is 0 Å². The fraction of sp³-hybridized carbons (Fsp3) is 0.0182. The lowest BCUT2D eigenvalue weighted by atomic mass is 9.86. The summed E-state index contributed by atoms with van der Waals surface area (Å²) in [7, 11) is 0. The highest BCUT2D eigenvalue weighted by molar-refractivity contribution is 5.87. The Morgan fingerprint density at radius 2 is 0.459 bits per heavy atom. The Bertz CT molecular complexity index is 2740. The van der Waals surface area contributed by atoms with Gasteiger partial charge in [0.1, 0.15) is 0 Å². The molecule has 2 heterocycles. The first-order chi connectivity index (χ1) is 30.2. The normalized spacial score (nSPS) is 11.0. The molecule has 0 unspecified atom stereocenters. The number of aromatic nitrogens is 6.